The van der Waals surface area contributed by atoms with Crippen LogP contribution >= 0.6 is 11.3 Å². The van der Waals surface area contributed by atoms with Gasteiger partial charge in [-0.15, -0.1) is 11.3 Å². The monoisotopic (exact) mass is 337 g/mol. The lowest BCUT2D eigenvalue weighted by Crippen LogP contribution is -2.46. The second-order valence-electron chi connectivity index (χ2n) is 6.00. The summed E-state index contributed by atoms with van der Waals surface area (Å²) in [6.45, 7) is 1.41. The molecule has 1 saturated carbocycles. The summed E-state index contributed by atoms with van der Waals surface area (Å²) in [6, 6.07) is 4.39. The van der Waals surface area contributed by atoms with E-state index in [0.29, 0.717) is 13.0 Å². The van der Waals surface area contributed by atoms with E-state index < -0.39 is 0 Å². The summed E-state index contributed by atoms with van der Waals surface area (Å²) in [6.07, 6.45) is 6.69. The third-order valence-corrected chi connectivity index (χ3v) is 5.64. The molecule has 1 fully saturated rings. The molecule has 0 unspecified atom stereocenters. The first-order valence-electron chi connectivity index (χ1n) is 8.25. The quantitative estimate of drug-likeness (QED) is 0.476. The molecule has 1 aromatic heterocycles. The number of hydrogen-bond donors (Lipinski definition) is 2. The van der Waals surface area contributed by atoms with Gasteiger partial charge in [0.2, 0.25) is 0 Å². The Balaban J connectivity index is 1.91. The number of ether oxygens (including phenoxy) is 1. The first-order valence-corrected chi connectivity index (χ1v) is 9.13. The number of nitrogens with zero attached hydrogens (tertiary/aromatic N) is 1. The number of carbonyl (C=O) groups is 1. The number of esters is 1. The topological polar surface area (TPSA) is 62.7 Å². The minimum Gasteiger partial charge on any atom is -0.469 e. The number of thiophene rings is 1. The molecule has 0 amide bonds. The van der Waals surface area contributed by atoms with Gasteiger partial charge >= 0.3 is 5.97 Å². The zero-order valence-electron chi connectivity index (χ0n) is 14.1. The smallest absolute Gasteiger partial charge is 0.307 e. The standard InChI is InChI=1S/C17H27N3O2S/c1-18-16(19-11-8-15(21)22-2)20-13-17(9-4-3-5-10-17)14-7-6-12-23-14/h6-7,12H,3-5,8-11,13H2,1-2H3,(H2,18,19,20). The second kappa shape index (κ2) is 8.91. The van der Waals surface area contributed by atoms with Crippen LogP contribution in [-0.2, 0) is 14.9 Å². The SMILES string of the molecule is CN=C(NCCC(=O)OC)NCC1(c2cccs2)CCCCC1. The molecule has 2 rings (SSSR count). The highest BCUT2D eigenvalue weighted by Gasteiger charge is 2.34. The predicted molar refractivity (Wildman–Crippen MR) is 95.1 cm³/mol. The Morgan fingerprint density at radius 1 is 1.35 bits per heavy atom. The Morgan fingerprint density at radius 3 is 2.74 bits per heavy atom. The highest BCUT2D eigenvalue weighted by molar-refractivity contribution is 7.10. The average molecular weight is 337 g/mol. The van der Waals surface area contributed by atoms with E-state index in [1.807, 2.05) is 11.3 Å². The number of methoxy groups -OCH3 is 1. The van der Waals surface area contributed by atoms with Gasteiger partial charge in [0, 0.05) is 30.4 Å². The molecule has 1 aliphatic carbocycles. The fourth-order valence-electron chi connectivity index (χ4n) is 3.18. The van der Waals surface area contributed by atoms with Crippen molar-refractivity contribution in [1.29, 1.82) is 0 Å². The highest BCUT2D eigenvalue weighted by atomic mass is 32.1. The minimum atomic E-state index is -0.213. The molecule has 5 nitrogen and oxygen atoms in total. The Hall–Kier alpha value is -1.56. The third-order valence-electron chi connectivity index (χ3n) is 4.52. The van der Waals surface area contributed by atoms with Gasteiger partial charge in [0.05, 0.1) is 13.5 Å². The largest absolute Gasteiger partial charge is 0.469 e. The predicted octanol–water partition coefficient (Wildman–Crippen LogP) is 2.68. The summed E-state index contributed by atoms with van der Waals surface area (Å²) in [7, 11) is 3.16. The van der Waals surface area contributed by atoms with Gasteiger partial charge in [0.25, 0.3) is 0 Å². The Morgan fingerprint density at radius 2 is 2.13 bits per heavy atom. The van der Waals surface area contributed by atoms with Crippen LogP contribution in [0.1, 0.15) is 43.4 Å². The zero-order valence-corrected chi connectivity index (χ0v) is 14.9. The highest BCUT2D eigenvalue weighted by Crippen LogP contribution is 2.40. The van der Waals surface area contributed by atoms with Gasteiger partial charge in [-0.3, -0.25) is 9.79 Å². The third kappa shape index (κ3) is 4.96. The fraction of sp³-hybridized carbons (Fsp3) is 0.647. The normalized spacial score (nSPS) is 17.6. The lowest BCUT2D eigenvalue weighted by Gasteiger charge is -2.37. The van der Waals surface area contributed by atoms with Crippen LogP contribution in [0.4, 0.5) is 0 Å². The molecule has 0 spiro atoms. The van der Waals surface area contributed by atoms with Crippen molar-refractivity contribution < 1.29 is 9.53 Å². The van der Waals surface area contributed by atoms with Gasteiger partial charge in [-0.2, -0.15) is 0 Å². The maximum absolute atomic E-state index is 11.2. The summed E-state index contributed by atoms with van der Waals surface area (Å²) in [4.78, 5) is 16.9. The van der Waals surface area contributed by atoms with E-state index in [1.54, 1.807) is 7.05 Å². The molecule has 0 saturated heterocycles. The van der Waals surface area contributed by atoms with Crippen molar-refractivity contribution >= 4 is 23.3 Å². The zero-order chi connectivity index (χ0) is 16.5. The summed E-state index contributed by atoms with van der Waals surface area (Å²) in [5.74, 6) is 0.533. The maximum atomic E-state index is 11.2. The Bertz CT molecular complexity index is 508. The summed E-state index contributed by atoms with van der Waals surface area (Å²) >= 11 is 1.85. The second-order valence-corrected chi connectivity index (χ2v) is 6.94. The first kappa shape index (κ1) is 17.8. The lowest BCUT2D eigenvalue weighted by atomic mass is 9.73. The van der Waals surface area contributed by atoms with E-state index >= 15 is 0 Å². The maximum Gasteiger partial charge on any atom is 0.307 e. The van der Waals surface area contributed by atoms with Crippen LogP contribution in [0.3, 0.4) is 0 Å². The van der Waals surface area contributed by atoms with Crippen molar-refractivity contribution in [3.63, 3.8) is 0 Å². The van der Waals surface area contributed by atoms with E-state index in [4.69, 9.17) is 0 Å². The fourth-order valence-corrected chi connectivity index (χ4v) is 4.16. The summed E-state index contributed by atoms with van der Waals surface area (Å²) in [5.41, 5.74) is 0.215. The van der Waals surface area contributed by atoms with Gasteiger partial charge < -0.3 is 15.4 Å². The molecular weight excluding hydrogens is 310 g/mol. The molecule has 2 N–H and O–H groups in total. The minimum absolute atomic E-state index is 0.213. The van der Waals surface area contributed by atoms with Crippen LogP contribution in [0.2, 0.25) is 0 Å². The molecule has 23 heavy (non-hydrogen) atoms. The summed E-state index contributed by atoms with van der Waals surface area (Å²) in [5, 5.41) is 8.79. The number of aliphatic imine (C=N–C) groups is 1. The molecule has 0 atom stereocenters. The van der Waals surface area contributed by atoms with E-state index in [9.17, 15) is 4.79 Å². The van der Waals surface area contributed by atoms with E-state index in [-0.39, 0.29) is 11.4 Å². The molecular formula is C17H27N3O2S. The van der Waals surface area contributed by atoms with Crippen molar-refractivity contribution in [1.82, 2.24) is 10.6 Å². The first-order chi connectivity index (χ1) is 11.2. The van der Waals surface area contributed by atoms with Crippen molar-refractivity contribution in [3.05, 3.63) is 22.4 Å². The molecule has 0 aliphatic heterocycles. The van der Waals surface area contributed by atoms with Crippen LogP contribution in [0.5, 0.6) is 0 Å². The number of carbonyl (C=O) groups excluding carboxylic acids is 1. The molecule has 0 radical (unpaired) electrons. The van der Waals surface area contributed by atoms with Crippen LogP contribution < -0.4 is 10.6 Å². The molecule has 0 aromatic carbocycles. The number of rotatable bonds is 6. The molecule has 1 aliphatic rings. The van der Waals surface area contributed by atoms with Crippen LogP contribution in [0.25, 0.3) is 0 Å². The van der Waals surface area contributed by atoms with Crippen molar-refractivity contribution in [2.24, 2.45) is 4.99 Å². The van der Waals surface area contributed by atoms with Gasteiger partial charge in [-0.1, -0.05) is 25.3 Å². The van der Waals surface area contributed by atoms with Crippen molar-refractivity contribution in [2.75, 3.05) is 27.2 Å². The number of nitrogens with one attached hydrogen (secondary N) is 2. The van der Waals surface area contributed by atoms with E-state index in [0.717, 1.165) is 12.5 Å². The van der Waals surface area contributed by atoms with Gasteiger partial charge in [-0.05, 0) is 24.3 Å². The molecule has 0 bridgehead atoms. The Labute approximate surface area is 142 Å². The van der Waals surface area contributed by atoms with Gasteiger partial charge in [0.15, 0.2) is 5.96 Å². The van der Waals surface area contributed by atoms with Crippen LogP contribution in [0, 0.1) is 0 Å². The Kier molecular flexibility index (Phi) is 6.89. The van der Waals surface area contributed by atoms with Gasteiger partial charge in [-0.25, -0.2) is 0 Å². The lowest BCUT2D eigenvalue weighted by molar-refractivity contribution is -0.140. The summed E-state index contributed by atoms with van der Waals surface area (Å²) < 4.78 is 4.65. The van der Waals surface area contributed by atoms with E-state index in [1.165, 1.54) is 44.1 Å². The average Bonchev–Trinajstić information content (AvgIpc) is 3.13. The van der Waals surface area contributed by atoms with Crippen LogP contribution in [-0.4, -0.2) is 39.2 Å². The molecule has 1 aromatic rings. The molecule has 6 heteroatoms. The number of guanidine groups is 1. The van der Waals surface area contributed by atoms with Crippen molar-refractivity contribution in [2.45, 2.75) is 43.9 Å². The molecule has 128 valence electrons. The molecule has 1 heterocycles. The number of hydrogen-bond acceptors (Lipinski definition) is 4. The van der Waals surface area contributed by atoms with Gasteiger partial charge in [0.1, 0.15) is 0 Å². The van der Waals surface area contributed by atoms with E-state index in [2.05, 4.69) is 37.9 Å². The van der Waals surface area contributed by atoms with Crippen molar-refractivity contribution in [3.8, 4) is 0 Å². The van der Waals surface area contributed by atoms with Crippen LogP contribution in [0.15, 0.2) is 22.5 Å².